The third-order valence-electron chi connectivity index (χ3n) is 4.89. The Morgan fingerprint density at radius 1 is 1.21 bits per heavy atom. The summed E-state index contributed by atoms with van der Waals surface area (Å²) in [6, 6.07) is 3.97. The van der Waals surface area contributed by atoms with Gasteiger partial charge in [-0.15, -0.1) is 0 Å². The number of rotatable bonds is 6. The zero-order valence-corrected chi connectivity index (χ0v) is 13.8. The summed E-state index contributed by atoms with van der Waals surface area (Å²) >= 11 is 0. The lowest BCUT2D eigenvalue weighted by Gasteiger charge is -2.19. The fourth-order valence-electron chi connectivity index (χ4n) is 3.47. The zero-order valence-electron chi connectivity index (χ0n) is 13.8. The van der Waals surface area contributed by atoms with Crippen LogP contribution in [0, 0.1) is 17.6 Å². The van der Waals surface area contributed by atoms with E-state index in [-0.39, 0.29) is 18.6 Å². The minimum Gasteiger partial charge on any atom is -0.371 e. The number of carbonyl (C=O) groups excluding carboxylic acids is 1. The third kappa shape index (κ3) is 4.44. The van der Waals surface area contributed by atoms with E-state index in [1.807, 2.05) is 4.90 Å². The molecule has 1 aliphatic carbocycles. The normalized spacial score (nSPS) is 21.4. The van der Waals surface area contributed by atoms with E-state index >= 15 is 0 Å². The topological polar surface area (TPSA) is 41.6 Å². The van der Waals surface area contributed by atoms with Gasteiger partial charge < -0.3 is 15.0 Å². The van der Waals surface area contributed by atoms with E-state index in [2.05, 4.69) is 5.32 Å². The first-order valence-corrected chi connectivity index (χ1v) is 8.70. The number of amides is 1. The van der Waals surface area contributed by atoms with Gasteiger partial charge in [0.2, 0.25) is 5.91 Å². The van der Waals surface area contributed by atoms with Crippen molar-refractivity contribution in [2.75, 3.05) is 31.1 Å². The monoisotopic (exact) mass is 338 g/mol. The van der Waals surface area contributed by atoms with Gasteiger partial charge >= 0.3 is 0 Å². The second-order valence-electron chi connectivity index (χ2n) is 6.72. The quantitative estimate of drug-likeness (QED) is 0.867. The second-order valence-corrected chi connectivity index (χ2v) is 6.72. The summed E-state index contributed by atoms with van der Waals surface area (Å²) in [6.07, 6.45) is 5.65. The minimum atomic E-state index is -0.830. The first-order valence-electron chi connectivity index (χ1n) is 8.70. The average Bonchev–Trinajstić information content (AvgIpc) is 3.25. The van der Waals surface area contributed by atoms with Crippen LogP contribution in [0.4, 0.5) is 14.5 Å². The summed E-state index contributed by atoms with van der Waals surface area (Å²) in [5.41, 5.74) is 0.687. The number of benzene rings is 1. The van der Waals surface area contributed by atoms with Crippen molar-refractivity contribution in [3.05, 3.63) is 29.8 Å². The Morgan fingerprint density at radius 2 is 2.00 bits per heavy atom. The van der Waals surface area contributed by atoms with Gasteiger partial charge in [0, 0.05) is 31.4 Å². The average molecular weight is 338 g/mol. The van der Waals surface area contributed by atoms with Crippen LogP contribution in [-0.2, 0) is 9.53 Å². The van der Waals surface area contributed by atoms with E-state index in [9.17, 15) is 13.6 Å². The lowest BCUT2D eigenvalue weighted by Crippen LogP contribution is -2.34. The van der Waals surface area contributed by atoms with Gasteiger partial charge in [0.15, 0.2) is 11.6 Å². The maximum absolute atomic E-state index is 13.3. The molecule has 2 fully saturated rings. The Balaban J connectivity index is 1.39. The molecule has 132 valence electrons. The maximum atomic E-state index is 13.3. The number of anilines is 1. The fourth-order valence-corrected chi connectivity index (χ4v) is 3.47. The number of hydrogen-bond acceptors (Lipinski definition) is 3. The summed E-state index contributed by atoms with van der Waals surface area (Å²) in [7, 11) is 0. The van der Waals surface area contributed by atoms with Crippen molar-refractivity contribution < 1.29 is 18.3 Å². The smallest absolute Gasteiger partial charge is 0.246 e. The first-order chi connectivity index (χ1) is 11.6. The van der Waals surface area contributed by atoms with Gasteiger partial charge in [-0.1, -0.05) is 12.8 Å². The minimum absolute atomic E-state index is 0.0758. The summed E-state index contributed by atoms with van der Waals surface area (Å²) in [5, 5.41) is 2.92. The highest BCUT2D eigenvalue weighted by Crippen LogP contribution is 2.25. The lowest BCUT2D eigenvalue weighted by atomic mass is 10.1. The molecule has 0 aromatic heterocycles. The Labute approximate surface area is 141 Å². The SMILES string of the molecule is O=C(COC1CCCC1)NC[C@H]1CCN(c2ccc(F)c(F)c2)C1. The van der Waals surface area contributed by atoms with Crippen molar-refractivity contribution in [1.82, 2.24) is 5.32 Å². The molecule has 1 aliphatic heterocycles. The van der Waals surface area contributed by atoms with Crippen LogP contribution in [0.15, 0.2) is 18.2 Å². The van der Waals surface area contributed by atoms with E-state index in [4.69, 9.17) is 4.74 Å². The highest BCUT2D eigenvalue weighted by Gasteiger charge is 2.24. The van der Waals surface area contributed by atoms with Gasteiger partial charge in [0.1, 0.15) is 6.61 Å². The Bertz CT molecular complexity index is 576. The molecular weight excluding hydrogens is 314 g/mol. The van der Waals surface area contributed by atoms with Gasteiger partial charge in [-0.3, -0.25) is 4.79 Å². The molecule has 0 unspecified atom stereocenters. The molecular formula is C18H24F2N2O2. The van der Waals surface area contributed by atoms with Crippen LogP contribution < -0.4 is 10.2 Å². The Morgan fingerprint density at radius 3 is 2.75 bits per heavy atom. The molecule has 1 heterocycles. The summed E-state index contributed by atoms with van der Waals surface area (Å²) < 4.78 is 31.9. The van der Waals surface area contributed by atoms with Crippen LogP contribution in [0.5, 0.6) is 0 Å². The summed E-state index contributed by atoms with van der Waals surface area (Å²) in [5.74, 6) is -1.42. The number of nitrogens with zero attached hydrogens (tertiary/aromatic N) is 1. The van der Waals surface area contributed by atoms with Crippen molar-refractivity contribution >= 4 is 11.6 Å². The highest BCUT2D eigenvalue weighted by molar-refractivity contribution is 5.77. The first kappa shape index (κ1) is 17.1. The number of halogens is 2. The molecule has 24 heavy (non-hydrogen) atoms. The number of carbonyl (C=O) groups is 1. The van der Waals surface area contributed by atoms with E-state index in [0.717, 1.165) is 38.4 Å². The Hall–Kier alpha value is -1.69. The molecule has 0 spiro atoms. The standard InChI is InChI=1S/C18H24F2N2O2/c19-16-6-5-14(9-17(16)20)22-8-7-13(11-22)10-21-18(23)12-24-15-3-1-2-4-15/h5-6,9,13,15H,1-4,7-8,10-12H2,(H,21,23)/t13-/m1/s1. The van der Waals surface area contributed by atoms with Crippen LogP contribution in [0.1, 0.15) is 32.1 Å². The largest absolute Gasteiger partial charge is 0.371 e. The second kappa shape index (κ2) is 7.92. The molecule has 4 nitrogen and oxygen atoms in total. The van der Waals surface area contributed by atoms with Gasteiger partial charge in [-0.2, -0.15) is 0 Å². The van der Waals surface area contributed by atoms with Gasteiger partial charge in [0.25, 0.3) is 0 Å². The molecule has 3 rings (SSSR count). The van der Waals surface area contributed by atoms with Gasteiger partial charge in [-0.25, -0.2) is 8.78 Å². The van der Waals surface area contributed by atoms with Crippen LogP contribution in [0.3, 0.4) is 0 Å². The predicted octanol–water partition coefficient (Wildman–Crippen LogP) is 2.87. The van der Waals surface area contributed by atoms with Crippen molar-refractivity contribution in [2.45, 2.75) is 38.2 Å². The molecule has 1 saturated carbocycles. The molecule has 1 amide bonds. The van der Waals surface area contributed by atoms with Crippen LogP contribution >= 0.6 is 0 Å². The zero-order chi connectivity index (χ0) is 16.9. The van der Waals surface area contributed by atoms with Crippen LogP contribution in [-0.4, -0.2) is 38.3 Å². The molecule has 1 atom stereocenters. The van der Waals surface area contributed by atoms with Crippen LogP contribution in [0.25, 0.3) is 0 Å². The molecule has 0 radical (unpaired) electrons. The fraction of sp³-hybridized carbons (Fsp3) is 0.611. The maximum Gasteiger partial charge on any atom is 0.246 e. The Kier molecular flexibility index (Phi) is 5.66. The third-order valence-corrected chi connectivity index (χ3v) is 4.89. The van der Waals surface area contributed by atoms with Crippen molar-refractivity contribution in [1.29, 1.82) is 0 Å². The molecule has 2 aliphatic rings. The van der Waals surface area contributed by atoms with E-state index in [0.29, 0.717) is 18.2 Å². The van der Waals surface area contributed by atoms with Gasteiger partial charge in [0.05, 0.1) is 6.10 Å². The summed E-state index contributed by atoms with van der Waals surface area (Å²) in [6.45, 7) is 2.23. The lowest BCUT2D eigenvalue weighted by molar-refractivity contribution is -0.127. The van der Waals surface area contributed by atoms with Crippen LogP contribution in [0.2, 0.25) is 0 Å². The molecule has 1 aromatic rings. The summed E-state index contributed by atoms with van der Waals surface area (Å²) in [4.78, 5) is 13.9. The van der Waals surface area contributed by atoms with Gasteiger partial charge in [-0.05, 0) is 37.3 Å². The molecule has 0 bridgehead atoms. The van der Waals surface area contributed by atoms with E-state index < -0.39 is 11.6 Å². The van der Waals surface area contributed by atoms with E-state index in [1.165, 1.54) is 18.9 Å². The molecule has 1 N–H and O–H groups in total. The molecule has 6 heteroatoms. The van der Waals surface area contributed by atoms with Crippen molar-refractivity contribution in [3.63, 3.8) is 0 Å². The molecule has 1 saturated heterocycles. The highest BCUT2D eigenvalue weighted by atomic mass is 19.2. The van der Waals surface area contributed by atoms with Crippen molar-refractivity contribution in [3.8, 4) is 0 Å². The van der Waals surface area contributed by atoms with E-state index in [1.54, 1.807) is 6.07 Å². The number of ether oxygens (including phenoxy) is 1. The number of nitrogens with one attached hydrogen (secondary N) is 1. The van der Waals surface area contributed by atoms with Crippen molar-refractivity contribution in [2.24, 2.45) is 5.92 Å². The predicted molar refractivity (Wildman–Crippen MR) is 87.9 cm³/mol. The molecule has 1 aromatic carbocycles. The number of hydrogen-bond donors (Lipinski definition) is 1.